The highest BCUT2D eigenvalue weighted by molar-refractivity contribution is 5.97. The molecule has 2 amide bonds. The van der Waals surface area contributed by atoms with E-state index in [1.807, 2.05) is 0 Å². The molecule has 19 heavy (non-hydrogen) atoms. The molecule has 2 N–H and O–H groups in total. The molecule has 0 aromatic rings. The number of hydrogen-bond donors (Lipinski definition) is 2. The molecule has 0 radical (unpaired) electrons. The third-order valence-corrected chi connectivity index (χ3v) is 2.88. The molecule has 0 aromatic heterocycles. The number of hydrogen-bond acceptors (Lipinski definition) is 5. The Hall–Kier alpha value is -1.79. The summed E-state index contributed by atoms with van der Waals surface area (Å²) in [4.78, 5) is 35.2. The molecule has 1 fully saturated rings. The van der Waals surface area contributed by atoms with E-state index in [-0.39, 0.29) is 6.54 Å². The van der Waals surface area contributed by atoms with E-state index in [9.17, 15) is 14.4 Å². The van der Waals surface area contributed by atoms with Gasteiger partial charge in [-0.3, -0.25) is 9.59 Å². The molecule has 1 aliphatic rings. The minimum atomic E-state index is -1.37. The second-order valence-corrected chi connectivity index (χ2v) is 5.62. The molecular formula is C12H20N2O5. The number of carbonyl (C=O) groups is 3. The molecule has 1 aliphatic heterocycles. The number of ether oxygens (including phenoxy) is 2. The quantitative estimate of drug-likeness (QED) is 0.700. The second-order valence-electron chi connectivity index (χ2n) is 5.62. The van der Waals surface area contributed by atoms with Crippen LogP contribution in [0.1, 0.15) is 27.7 Å². The summed E-state index contributed by atoms with van der Waals surface area (Å²) in [6.07, 6.45) is -0.749. The SMILES string of the molecule is COC(=O)[C@@H]1CNC(=O)[C@]1(C)NC(=O)OC(C)(C)C. The van der Waals surface area contributed by atoms with Gasteiger partial charge < -0.3 is 20.1 Å². The molecular weight excluding hydrogens is 252 g/mol. The molecule has 1 rings (SSSR count). The van der Waals surface area contributed by atoms with Gasteiger partial charge in [-0.25, -0.2) is 4.79 Å². The number of alkyl carbamates (subject to hydrolysis) is 1. The summed E-state index contributed by atoms with van der Waals surface area (Å²) in [5, 5.41) is 4.99. The average Bonchev–Trinajstić information content (AvgIpc) is 2.51. The molecule has 7 heteroatoms. The van der Waals surface area contributed by atoms with Crippen LogP contribution in [0.4, 0.5) is 4.79 Å². The Balaban J connectivity index is 2.84. The molecule has 2 atom stereocenters. The average molecular weight is 272 g/mol. The number of nitrogens with one attached hydrogen (secondary N) is 2. The lowest BCUT2D eigenvalue weighted by Gasteiger charge is -2.29. The lowest BCUT2D eigenvalue weighted by Crippen LogP contribution is -2.57. The van der Waals surface area contributed by atoms with Gasteiger partial charge in [-0.2, -0.15) is 0 Å². The molecule has 0 aromatic carbocycles. The molecule has 0 bridgehead atoms. The second kappa shape index (κ2) is 5.07. The molecule has 108 valence electrons. The van der Waals surface area contributed by atoms with E-state index in [1.165, 1.54) is 14.0 Å². The predicted molar refractivity (Wildman–Crippen MR) is 66.3 cm³/mol. The van der Waals surface area contributed by atoms with Gasteiger partial charge in [0.1, 0.15) is 17.1 Å². The Kier molecular flexibility index (Phi) is 4.07. The predicted octanol–water partition coefficient (Wildman–Crippen LogP) is 0.189. The van der Waals surface area contributed by atoms with Crippen LogP contribution in [0.3, 0.4) is 0 Å². The van der Waals surface area contributed by atoms with E-state index in [0.29, 0.717) is 0 Å². The third-order valence-electron chi connectivity index (χ3n) is 2.88. The molecule has 1 heterocycles. The van der Waals surface area contributed by atoms with E-state index in [4.69, 9.17) is 4.74 Å². The number of methoxy groups -OCH3 is 1. The van der Waals surface area contributed by atoms with Crippen LogP contribution in [0.2, 0.25) is 0 Å². The van der Waals surface area contributed by atoms with Gasteiger partial charge >= 0.3 is 12.1 Å². The lowest BCUT2D eigenvalue weighted by atomic mass is 9.88. The van der Waals surface area contributed by atoms with Gasteiger partial charge in [-0.15, -0.1) is 0 Å². The zero-order chi connectivity index (χ0) is 14.8. The number of amides is 2. The van der Waals surface area contributed by atoms with E-state index in [1.54, 1.807) is 20.8 Å². The zero-order valence-corrected chi connectivity index (χ0v) is 11.8. The zero-order valence-electron chi connectivity index (χ0n) is 11.8. The van der Waals surface area contributed by atoms with Crippen molar-refractivity contribution in [3.63, 3.8) is 0 Å². The topological polar surface area (TPSA) is 93.7 Å². The first kappa shape index (κ1) is 15.3. The maximum absolute atomic E-state index is 11.8. The Morgan fingerprint density at radius 1 is 1.42 bits per heavy atom. The van der Waals surface area contributed by atoms with Gasteiger partial charge in [-0.1, -0.05) is 0 Å². The first-order valence-corrected chi connectivity index (χ1v) is 5.97. The van der Waals surface area contributed by atoms with Gasteiger partial charge in [-0.05, 0) is 27.7 Å². The fourth-order valence-corrected chi connectivity index (χ4v) is 1.86. The van der Waals surface area contributed by atoms with Crippen molar-refractivity contribution < 1.29 is 23.9 Å². The van der Waals surface area contributed by atoms with E-state index >= 15 is 0 Å². The smallest absolute Gasteiger partial charge is 0.408 e. The van der Waals surface area contributed by atoms with Crippen LogP contribution in [0.25, 0.3) is 0 Å². The highest BCUT2D eigenvalue weighted by atomic mass is 16.6. The van der Waals surface area contributed by atoms with Gasteiger partial charge in [0.25, 0.3) is 0 Å². The monoisotopic (exact) mass is 272 g/mol. The summed E-state index contributed by atoms with van der Waals surface area (Å²) < 4.78 is 9.73. The summed E-state index contributed by atoms with van der Waals surface area (Å²) in [6, 6.07) is 0. The molecule has 0 aliphatic carbocycles. The summed E-state index contributed by atoms with van der Waals surface area (Å²) in [7, 11) is 1.24. The first-order valence-electron chi connectivity index (χ1n) is 5.97. The van der Waals surface area contributed by atoms with Crippen LogP contribution in [0.15, 0.2) is 0 Å². The van der Waals surface area contributed by atoms with Crippen LogP contribution in [-0.4, -0.2) is 42.8 Å². The number of esters is 1. The summed E-state index contributed by atoms with van der Waals surface area (Å²) in [5.41, 5.74) is -2.05. The Morgan fingerprint density at radius 3 is 2.47 bits per heavy atom. The minimum Gasteiger partial charge on any atom is -0.469 e. The van der Waals surface area contributed by atoms with E-state index < -0.39 is 35.0 Å². The molecule has 0 saturated carbocycles. The largest absolute Gasteiger partial charge is 0.469 e. The molecule has 1 saturated heterocycles. The Bertz CT molecular complexity index is 401. The summed E-state index contributed by atoms with van der Waals surface area (Å²) in [6.45, 7) is 6.73. The Labute approximate surface area is 112 Å². The van der Waals surface area contributed by atoms with E-state index in [0.717, 1.165) is 0 Å². The summed E-state index contributed by atoms with van der Waals surface area (Å²) >= 11 is 0. The van der Waals surface area contributed by atoms with Crippen LogP contribution < -0.4 is 10.6 Å². The lowest BCUT2D eigenvalue weighted by molar-refractivity contribution is -0.148. The highest BCUT2D eigenvalue weighted by Gasteiger charge is 2.52. The van der Waals surface area contributed by atoms with Gasteiger partial charge in [0.2, 0.25) is 5.91 Å². The van der Waals surface area contributed by atoms with E-state index in [2.05, 4.69) is 15.4 Å². The normalized spacial score (nSPS) is 26.6. The van der Waals surface area contributed by atoms with Crippen molar-refractivity contribution in [3.05, 3.63) is 0 Å². The van der Waals surface area contributed by atoms with Gasteiger partial charge in [0.15, 0.2) is 0 Å². The fraction of sp³-hybridized carbons (Fsp3) is 0.750. The van der Waals surface area contributed by atoms with Crippen molar-refractivity contribution in [2.24, 2.45) is 5.92 Å². The van der Waals surface area contributed by atoms with Crippen molar-refractivity contribution in [2.75, 3.05) is 13.7 Å². The standard InChI is InChI=1S/C12H20N2O5/c1-11(2,3)19-10(17)14-12(4)7(8(15)18-5)6-13-9(12)16/h7H,6H2,1-5H3,(H,13,16)(H,14,17)/t7-,12+/m0/s1. The van der Waals surface area contributed by atoms with Crippen molar-refractivity contribution >= 4 is 18.0 Å². The maximum Gasteiger partial charge on any atom is 0.408 e. The van der Waals surface area contributed by atoms with Crippen LogP contribution >= 0.6 is 0 Å². The van der Waals surface area contributed by atoms with Gasteiger partial charge in [0.05, 0.1) is 7.11 Å². The number of carbonyl (C=O) groups excluding carboxylic acids is 3. The minimum absolute atomic E-state index is 0.123. The fourth-order valence-electron chi connectivity index (χ4n) is 1.86. The molecule has 7 nitrogen and oxygen atoms in total. The molecule has 0 spiro atoms. The van der Waals surface area contributed by atoms with Crippen LogP contribution in [0.5, 0.6) is 0 Å². The van der Waals surface area contributed by atoms with Crippen LogP contribution in [0, 0.1) is 5.92 Å². The van der Waals surface area contributed by atoms with Crippen LogP contribution in [-0.2, 0) is 19.1 Å². The van der Waals surface area contributed by atoms with Gasteiger partial charge in [0, 0.05) is 6.54 Å². The van der Waals surface area contributed by atoms with Crippen molar-refractivity contribution in [2.45, 2.75) is 38.8 Å². The Morgan fingerprint density at radius 2 is 2.00 bits per heavy atom. The van der Waals surface area contributed by atoms with Crippen molar-refractivity contribution in [1.82, 2.24) is 10.6 Å². The highest BCUT2D eigenvalue weighted by Crippen LogP contribution is 2.24. The number of rotatable bonds is 2. The first-order chi connectivity index (χ1) is 8.60. The maximum atomic E-state index is 11.8. The summed E-state index contributed by atoms with van der Waals surface area (Å²) in [5.74, 6) is -1.77. The van der Waals surface area contributed by atoms with Crippen molar-refractivity contribution in [3.8, 4) is 0 Å². The van der Waals surface area contributed by atoms with Crippen molar-refractivity contribution in [1.29, 1.82) is 0 Å². The third kappa shape index (κ3) is 3.36. The molecule has 0 unspecified atom stereocenters.